The van der Waals surface area contributed by atoms with Crippen LogP contribution in [0.25, 0.3) is 11.0 Å². The van der Waals surface area contributed by atoms with Crippen LogP contribution < -0.4 is 5.73 Å². The van der Waals surface area contributed by atoms with E-state index >= 15 is 0 Å². The van der Waals surface area contributed by atoms with Crippen molar-refractivity contribution in [1.29, 1.82) is 0 Å². The van der Waals surface area contributed by atoms with Crippen molar-refractivity contribution in [3.05, 3.63) is 30.0 Å². The number of piperidine rings is 1. The maximum Gasteiger partial charge on any atom is 0.167 e. The molecule has 3 rings (SSSR count). The molecular weight excluding hydrogens is 297 g/mol. The molecule has 0 spiro atoms. The number of hydrogen-bond acceptors (Lipinski definition) is 4. The van der Waals surface area contributed by atoms with Gasteiger partial charge < -0.3 is 15.2 Å². The lowest BCUT2D eigenvalue weighted by atomic mass is 9.91. The summed E-state index contributed by atoms with van der Waals surface area (Å²) in [6.45, 7) is 3.98. The number of fused-ring (bicyclic) bond motifs is 1. The molecule has 112 valence electrons. The molecule has 2 N–H and O–H groups in total. The Morgan fingerprint density at radius 1 is 1.20 bits per heavy atom. The molecule has 0 bridgehead atoms. The Bertz CT molecular complexity index is 524. The van der Waals surface area contributed by atoms with Gasteiger partial charge in [-0.3, -0.25) is 0 Å². The number of benzene rings is 1. The van der Waals surface area contributed by atoms with Gasteiger partial charge in [-0.2, -0.15) is 0 Å². The summed E-state index contributed by atoms with van der Waals surface area (Å²) in [5.41, 5.74) is 7.63. The van der Waals surface area contributed by atoms with Gasteiger partial charge in [0.15, 0.2) is 5.58 Å². The van der Waals surface area contributed by atoms with Crippen LogP contribution in [0.2, 0.25) is 0 Å². The monoisotopic (exact) mass is 317 g/mol. The van der Waals surface area contributed by atoms with Crippen molar-refractivity contribution in [2.75, 3.05) is 26.2 Å². The van der Waals surface area contributed by atoms with Gasteiger partial charge in [-0.25, -0.2) is 0 Å². The molecule has 20 heavy (non-hydrogen) atoms. The highest BCUT2D eigenvalue weighted by molar-refractivity contribution is 5.85. The zero-order chi connectivity index (χ0) is 12.4. The molecule has 0 aliphatic carbocycles. The second-order valence-corrected chi connectivity index (χ2v) is 4.97. The molecule has 1 fully saturated rings. The quantitative estimate of drug-likeness (QED) is 0.945. The SMILES string of the molecule is Cl.Cl.NCCN1CCC(c2noc3ccccc23)CC1. The van der Waals surface area contributed by atoms with E-state index in [0.717, 1.165) is 50.3 Å². The highest BCUT2D eigenvalue weighted by atomic mass is 35.5. The van der Waals surface area contributed by atoms with Crippen LogP contribution in [0.4, 0.5) is 0 Å². The van der Waals surface area contributed by atoms with E-state index in [9.17, 15) is 0 Å². The van der Waals surface area contributed by atoms with Crippen LogP contribution in [0, 0.1) is 0 Å². The van der Waals surface area contributed by atoms with Crippen molar-refractivity contribution < 1.29 is 4.52 Å². The fraction of sp³-hybridized carbons (Fsp3) is 0.500. The van der Waals surface area contributed by atoms with Crippen LogP contribution in [0.1, 0.15) is 24.5 Å². The molecule has 1 aromatic heterocycles. The Hall–Kier alpha value is -0.810. The van der Waals surface area contributed by atoms with E-state index in [-0.39, 0.29) is 24.8 Å². The Kier molecular flexibility index (Phi) is 6.76. The summed E-state index contributed by atoms with van der Waals surface area (Å²) in [5, 5.41) is 5.45. The molecule has 1 aliphatic heterocycles. The summed E-state index contributed by atoms with van der Waals surface area (Å²) in [4.78, 5) is 2.43. The van der Waals surface area contributed by atoms with Crippen molar-refractivity contribution in [1.82, 2.24) is 10.1 Å². The standard InChI is InChI=1S/C14H19N3O.2ClH/c15-7-10-17-8-5-11(6-9-17)14-12-3-1-2-4-13(12)18-16-14;;/h1-4,11H,5-10,15H2;2*1H. The van der Waals surface area contributed by atoms with Gasteiger partial charge in [0.2, 0.25) is 0 Å². The van der Waals surface area contributed by atoms with Gasteiger partial charge in [0, 0.05) is 24.4 Å². The number of nitrogens with two attached hydrogens (primary N) is 1. The molecule has 0 saturated carbocycles. The Morgan fingerprint density at radius 2 is 1.90 bits per heavy atom. The second-order valence-electron chi connectivity index (χ2n) is 4.97. The molecule has 6 heteroatoms. The van der Waals surface area contributed by atoms with Crippen molar-refractivity contribution in [3.8, 4) is 0 Å². The molecule has 2 heterocycles. The zero-order valence-electron chi connectivity index (χ0n) is 11.3. The first-order valence-corrected chi connectivity index (χ1v) is 6.65. The van der Waals surface area contributed by atoms with Gasteiger partial charge in [-0.15, -0.1) is 24.8 Å². The van der Waals surface area contributed by atoms with Crippen molar-refractivity contribution in [3.63, 3.8) is 0 Å². The molecular formula is C14H21Cl2N3O. The molecule has 1 aromatic carbocycles. The molecule has 0 radical (unpaired) electrons. The summed E-state index contributed by atoms with van der Waals surface area (Å²) in [6.07, 6.45) is 2.30. The van der Waals surface area contributed by atoms with E-state index in [0.29, 0.717) is 5.92 Å². The number of halogens is 2. The molecule has 0 atom stereocenters. The third-order valence-corrected chi connectivity index (χ3v) is 3.82. The summed E-state index contributed by atoms with van der Waals surface area (Å²) < 4.78 is 5.39. The Balaban J connectivity index is 0.000001000. The first-order valence-electron chi connectivity index (χ1n) is 6.65. The highest BCUT2D eigenvalue weighted by Gasteiger charge is 2.24. The van der Waals surface area contributed by atoms with Gasteiger partial charge in [0.1, 0.15) is 0 Å². The van der Waals surface area contributed by atoms with Crippen LogP contribution in [0.3, 0.4) is 0 Å². The maximum absolute atomic E-state index is 5.59. The normalized spacial score (nSPS) is 16.6. The van der Waals surface area contributed by atoms with Crippen molar-refractivity contribution in [2.24, 2.45) is 5.73 Å². The molecule has 0 unspecified atom stereocenters. The number of hydrogen-bond donors (Lipinski definition) is 1. The van der Waals surface area contributed by atoms with Gasteiger partial charge in [0.25, 0.3) is 0 Å². The van der Waals surface area contributed by atoms with Crippen LogP contribution in [-0.2, 0) is 0 Å². The van der Waals surface area contributed by atoms with Crippen LogP contribution in [0.15, 0.2) is 28.8 Å². The van der Waals surface area contributed by atoms with Crippen molar-refractivity contribution >= 4 is 35.8 Å². The van der Waals surface area contributed by atoms with Crippen LogP contribution >= 0.6 is 24.8 Å². The fourth-order valence-corrected chi connectivity index (χ4v) is 2.81. The van der Waals surface area contributed by atoms with Gasteiger partial charge >= 0.3 is 0 Å². The largest absolute Gasteiger partial charge is 0.356 e. The second kappa shape index (κ2) is 7.84. The smallest absolute Gasteiger partial charge is 0.167 e. The first-order chi connectivity index (χ1) is 8.88. The third kappa shape index (κ3) is 3.44. The summed E-state index contributed by atoms with van der Waals surface area (Å²) in [7, 11) is 0. The zero-order valence-corrected chi connectivity index (χ0v) is 13.0. The lowest BCUT2D eigenvalue weighted by molar-refractivity contribution is 0.214. The maximum atomic E-state index is 5.59. The van der Waals surface area contributed by atoms with E-state index in [4.69, 9.17) is 10.3 Å². The van der Waals surface area contributed by atoms with E-state index < -0.39 is 0 Å². The summed E-state index contributed by atoms with van der Waals surface area (Å²) in [6, 6.07) is 8.12. The van der Waals surface area contributed by atoms with Gasteiger partial charge in [-0.05, 0) is 38.1 Å². The Morgan fingerprint density at radius 3 is 2.60 bits per heavy atom. The molecule has 2 aromatic rings. The third-order valence-electron chi connectivity index (χ3n) is 3.82. The van der Waals surface area contributed by atoms with E-state index in [2.05, 4.69) is 16.1 Å². The van der Waals surface area contributed by atoms with Crippen LogP contribution in [-0.4, -0.2) is 36.2 Å². The number of rotatable bonds is 3. The minimum atomic E-state index is 0. The molecule has 1 aliphatic rings. The predicted octanol–water partition coefficient (Wildman–Crippen LogP) is 2.81. The van der Waals surface area contributed by atoms with E-state index in [1.165, 1.54) is 5.39 Å². The fourth-order valence-electron chi connectivity index (χ4n) is 2.81. The molecule has 0 amide bonds. The number of likely N-dealkylation sites (tertiary alicyclic amines) is 1. The molecule has 1 saturated heterocycles. The van der Waals surface area contributed by atoms with Gasteiger partial charge in [0.05, 0.1) is 5.69 Å². The van der Waals surface area contributed by atoms with E-state index in [1.807, 2.05) is 18.2 Å². The summed E-state index contributed by atoms with van der Waals surface area (Å²) >= 11 is 0. The summed E-state index contributed by atoms with van der Waals surface area (Å²) in [5.74, 6) is 0.530. The minimum Gasteiger partial charge on any atom is -0.356 e. The minimum absolute atomic E-state index is 0. The number of aromatic nitrogens is 1. The highest BCUT2D eigenvalue weighted by Crippen LogP contribution is 2.32. The predicted molar refractivity (Wildman–Crippen MR) is 86.0 cm³/mol. The van der Waals surface area contributed by atoms with E-state index in [1.54, 1.807) is 0 Å². The topological polar surface area (TPSA) is 55.3 Å². The lowest BCUT2D eigenvalue weighted by Crippen LogP contribution is -2.36. The first kappa shape index (κ1) is 17.2. The number of nitrogens with zero attached hydrogens (tertiary/aromatic N) is 2. The van der Waals surface area contributed by atoms with Crippen molar-refractivity contribution in [2.45, 2.75) is 18.8 Å². The lowest BCUT2D eigenvalue weighted by Gasteiger charge is -2.30. The van der Waals surface area contributed by atoms with Gasteiger partial charge in [-0.1, -0.05) is 17.3 Å². The average molecular weight is 318 g/mol. The Labute approximate surface area is 131 Å². The average Bonchev–Trinajstić information content (AvgIpc) is 2.84. The molecule has 4 nitrogen and oxygen atoms in total. The van der Waals surface area contributed by atoms with Crippen LogP contribution in [0.5, 0.6) is 0 Å². The number of para-hydroxylation sites is 1.